The van der Waals surface area contributed by atoms with Crippen molar-refractivity contribution in [3.05, 3.63) is 10.4 Å². The molecule has 96 valence electrons. The van der Waals surface area contributed by atoms with Crippen LogP contribution in [0.3, 0.4) is 0 Å². The van der Waals surface area contributed by atoms with Gasteiger partial charge in [0.2, 0.25) is 11.2 Å². The first-order valence-electron chi connectivity index (χ1n) is 5.77. The van der Waals surface area contributed by atoms with Crippen LogP contribution >= 0.6 is 23.2 Å². The van der Waals surface area contributed by atoms with Gasteiger partial charge >= 0.3 is 0 Å². The van der Waals surface area contributed by atoms with E-state index in [1.54, 1.807) is 0 Å². The molecule has 1 aromatic heterocycles. The van der Waals surface area contributed by atoms with E-state index in [2.05, 4.69) is 20.5 Å². The van der Waals surface area contributed by atoms with E-state index in [-0.39, 0.29) is 28.3 Å². The maximum absolute atomic E-state index is 11.7. The van der Waals surface area contributed by atoms with Gasteiger partial charge in [-0.15, -0.1) is 10.2 Å². The zero-order valence-corrected chi connectivity index (χ0v) is 10.9. The van der Waals surface area contributed by atoms with E-state index in [4.69, 9.17) is 23.2 Å². The number of carbonyl (C=O) groups excluding carboxylic acids is 1. The summed E-state index contributed by atoms with van der Waals surface area (Å²) in [7, 11) is 0. The largest absolute Gasteiger partial charge is 0.354 e. The second-order valence-corrected chi connectivity index (χ2v) is 5.15. The molecule has 3 heterocycles. The van der Waals surface area contributed by atoms with Crippen LogP contribution in [0.5, 0.6) is 0 Å². The highest BCUT2D eigenvalue weighted by Gasteiger charge is 2.42. The number of rotatable bonds is 1. The third-order valence-corrected chi connectivity index (χ3v) is 3.88. The number of carbonyl (C=O) groups is 1. The van der Waals surface area contributed by atoms with Crippen LogP contribution in [0, 0.1) is 5.92 Å². The molecule has 18 heavy (non-hydrogen) atoms. The van der Waals surface area contributed by atoms with E-state index in [9.17, 15) is 4.79 Å². The van der Waals surface area contributed by atoms with Gasteiger partial charge in [-0.2, -0.15) is 4.98 Å². The SMILES string of the molecule is O=C1NCC2C1CCCN2c1nc(Cl)nnc1Cl. The standard InChI is InChI=1S/C10H11Cl2N5O/c11-7-8(14-10(12)16-15-7)17-3-1-2-5-6(17)4-13-9(5)18/h5-6H,1-4H2,(H,13,18). The van der Waals surface area contributed by atoms with Crippen LogP contribution in [0.4, 0.5) is 5.82 Å². The Bertz CT molecular complexity index is 497. The summed E-state index contributed by atoms with van der Waals surface area (Å²) in [6, 6.07) is 0.0801. The second-order valence-electron chi connectivity index (χ2n) is 4.45. The Hall–Kier alpha value is -1.14. The maximum Gasteiger partial charge on any atom is 0.245 e. The first kappa shape index (κ1) is 11.9. The third kappa shape index (κ3) is 1.89. The van der Waals surface area contributed by atoms with Gasteiger partial charge in [-0.25, -0.2) is 0 Å². The van der Waals surface area contributed by atoms with Crippen molar-refractivity contribution in [2.75, 3.05) is 18.0 Å². The van der Waals surface area contributed by atoms with Gasteiger partial charge in [-0.1, -0.05) is 11.6 Å². The molecule has 8 heteroatoms. The number of anilines is 1. The Labute approximate surface area is 114 Å². The molecule has 2 unspecified atom stereocenters. The van der Waals surface area contributed by atoms with Gasteiger partial charge in [0.1, 0.15) is 0 Å². The summed E-state index contributed by atoms with van der Waals surface area (Å²) in [6.45, 7) is 1.41. The normalized spacial score (nSPS) is 27.0. The molecule has 0 radical (unpaired) electrons. The van der Waals surface area contributed by atoms with Gasteiger partial charge in [0.05, 0.1) is 12.0 Å². The number of piperidine rings is 1. The summed E-state index contributed by atoms with van der Waals surface area (Å²) >= 11 is 11.8. The Morgan fingerprint density at radius 2 is 2.17 bits per heavy atom. The van der Waals surface area contributed by atoms with Crippen molar-refractivity contribution in [2.45, 2.75) is 18.9 Å². The van der Waals surface area contributed by atoms with E-state index < -0.39 is 0 Å². The molecule has 2 aliphatic rings. The van der Waals surface area contributed by atoms with Gasteiger partial charge in [-0.05, 0) is 24.4 Å². The molecule has 2 aliphatic heterocycles. The minimum absolute atomic E-state index is 0.00329. The molecule has 1 aromatic rings. The van der Waals surface area contributed by atoms with Crippen LogP contribution in [0.2, 0.25) is 10.4 Å². The number of aromatic nitrogens is 3. The highest BCUT2D eigenvalue weighted by atomic mass is 35.5. The Balaban J connectivity index is 1.95. The van der Waals surface area contributed by atoms with Crippen molar-refractivity contribution in [2.24, 2.45) is 5.92 Å². The molecule has 0 saturated carbocycles. The second kappa shape index (κ2) is 4.51. The number of hydrogen-bond donors (Lipinski definition) is 1. The van der Waals surface area contributed by atoms with E-state index in [0.29, 0.717) is 12.4 Å². The molecular weight excluding hydrogens is 277 g/mol. The van der Waals surface area contributed by atoms with Crippen LogP contribution in [-0.4, -0.2) is 40.2 Å². The van der Waals surface area contributed by atoms with Gasteiger partial charge in [-0.3, -0.25) is 4.79 Å². The van der Waals surface area contributed by atoms with Crippen molar-refractivity contribution in [3.8, 4) is 0 Å². The highest BCUT2D eigenvalue weighted by Crippen LogP contribution is 2.33. The molecular formula is C10H11Cl2N5O. The lowest BCUT2D eigenvalue weighted by Crippen LogP contribution is -2.46. The molecule has 2 atom stereocenters. The summed E-state index contributed by atoms with van der Waals surface area (Å²) < 4.78 is 0. The van der Waals surface area contributed by atoms with Crippen molar-refractivity contribution < 1.29 is 4.79 Å². The van der Waals surface area contributed by atoms with Gasteiger partial charge in [0, 0.05) is 13.1 Å². The minimum Gasteiger partial charge on any atom is -0.354 e. The number of nitrogens with zero attached hydrogens (tertiary/aromatic N) is 4. The van der Waals surface area contributed by atoms with Crippen LogP contribution in [-0.2, 0) is 4.79 Å². The van der Waals surface area contributed by atoms with E-state index >= 15 is 0 Å². The van der Waals surface area contributed by atoms with Crippen molar-refractivity contribution in [3.63, 3.8) is 0 Å². The summed E-state index contributed by atoms with van der Waals surface area (Å²) in [4.78, 5) is 17.8. The summed E-state index contributed by atoms with van der Waals surface area (Å²) in [6.07, 6.45) is 1.82. The summed E-state index contributed by atoms with van der Waals surface area (Å²) in [5.41, 5.74) is 0. The van der Waals surface area contributed by atoms with Gasteiger partial charge in [0.15, 0.2) is 11.0 Å². The molecule has 0 spiro atoms. The lowest BCUT2D eigenvalue weighted by atomic mass is 9.91. The van der Waals surface area contributed by atoms with Crippen LogP contribution in [0.15, 0.2) is 0 Å². The number of halogens is 2. The van der Waals surface area contributed by atoms with Crippen LogP contribution in [0.1, 0.15) is 12.8 Å². The zero-order valence-electron chi connectivity index (χ0n) is 9.44. The average Bonchev–Trinajstić information content (AvgIpc) is 2.75. The monoisotopic (exact) mass is 287 g/mol. The van der Waals surface area contributed by atoms with Crippen molar-refractivity contribution in [1.29, 1.82) is 0 Å². The lowest BCUT2D eigenvalue weighted by Gasteiger charge is -2.36. The smallest absolute Gasteiger partial charge is 0.245 e. The molecule has 0 aromatic carbocycles. The molecule has 1 amide bonds. The molecule has 2 fully saturated rings. The third-order valence-electron chi connectivity index (χ3n) is 3.48. The quantitative estimate of drug-likeness (QED) is 0.831. The van der Waals surface area contributed by atoms with Crippen LogP contribution < -0.4 is 10.2 Å². The van der Waals surface area contributed by atoms with E-state index in [0.717, 1.165) is 19.4 Å². The summed E-state index contributed by atoms with van der Waals surface area (Å²) in [5.74, 6) is 0.625. The van der Waals surface area contributed by atoms with Crippen molar-refractivity contribution in [1.82, 2.24) is 20.5 Å². The highest BCUT2D eigenvalue weighted by molar-refractivity contribution is 6.32. The Kier molecular flexibility index (Phi) is 2.99. The Morgan fingerprint density at radius 3 is 3.00 bits per heavy atom. The number of amides is 1. The lowest BCUT2D eigenvalue weighted by molar-refractivity contribution is -0.122. The summed E-state index contributed by atoms with van der Waals surface area (Å²) in [5, 5.41) is 10.5. The number of hydrogen-bond acceptors (Lipinski definition) is 5. The predicted molar refractivity (Wildman–Crippen MR) is 66.7 cm³/mol. The predicted octanol–water partition coefficient (Wildman–Crippen LogP) is 0.893. The minimum atomic E-state index is 0.00329. The fourth-order valence-corrected chi connectivity index (χ4v) is 2.99. The molecule has 6 nitrogen and oxygen atoms in total. The average molecular weight is 288 g/mol. The van der Waals surface area contributed by atoms with Crippen molar-refractivity contribution >= 4 is 34.9 Å². The van der Waals surface area contributed by atoms with Crippen LogP contribution in [0.25, 0.3) is 0 Å². The molecule has 0 bridgehead atoms. The fraction of sp³-hybridized carbons (Fsp3) is 0.600. The molecule has 3 rings (SSSR count). The Morgan fingerprint density at radius 1 is 1.33 bits per heavy atom. The maximum atomic E-state index is 11.7. The van der Waals surface area contributed by atoms with E-state index in [1.165, 1.54) is 0 Å². The molecule has 1 N–H and O–H groups in total. The van der Waals surface area contributed by atoms with Gasteiger partial charge in [0.25, 0.3) is 0 Å². The number of fused-ring (bicyclic) bond motifs is 1. The number of nitrogens with one attached hydrogen (secondary N) is 1. The molecule has 2 saturated heterocycles. The first-order valence-corrected chi connectivity index (χ1v) is 6.52. The zero-order chi connectivity index (χ0) is 12.7. The molecule has 0 aliphatic carbocycles. The fourth-order valence-electron chi connectivity index (χ4n) is 2.68. The topological polar surface area (TPSA) is 71.0 Å². The van der Waals surface area contributed by atoms with E-state index in [1.807, 2.05) is 4.90 Å². The first-order chi connectivity index (χ1) is 8.66. The van der Waals surface area contributed by atoms with Gasteiger partial charge < -0.3 is 10.2 Å².